The van der Waals surface area contributed by atoms with Gasteiger partial charge in [-0.05, 0) is 36.4 Å². The van der Waals surface area contributed by atoms with E-state index in [4.69, 9.17) is 4.74 Å². The molecule has 2 aromatic rings. The summed E-state index contributed by atoms with van der Waals surface area (Å²) in [6.07, 6.45) is 1.35. The lowest BCUT2D eigenvalue weighted by molar-refractivity contribution is -0.126. The van der Waals surface area contributed by atoms with E-state index in [0.29, 0.717) is 5.69 Å². The van der Waals surface area contributed by atoms with Crippen LogP contribution >= 0.6 is 0 Å². The zero-order valence-electron chi connectivity index (χ0n) is 12.9. The van der Waals surface area contributed by atoms with Gasteiger partial charge >= 0.3 is 5.97 Å². The molecule has 0 spiro atoms. The Balaban J connectivity index is 1.74. The van der Waals surface area contributed by atoms with Crippen molar-refractivity contribution >= 4 is 23.5 Å². The van der Waals surface area contributed by atoms with Gasteiger partial charge in [0.05, 0.1) is 6.54 Å². The predicted molar refractivity (Wildman–Crippen MR) is 85.4 cm³/mol. The number of carbonyl (C=O) groups excluding carboxylic acids is 3. The van der Waals surface area contributed by atoms with Crippen molar-refractivity contribution in [3.63, 3.8) is 0 Å². The number of aromatic nitrogens is 1. The third-order valence-corrected chi connectivity index (χ3v) is 2.95. The summed E-state index contributed by atoms with van der Waals surface area (Å²) >= 11 is 0. The first-order valence-electron chi connectivity index (χ1n) is 7.12. The molecular formula is C16H14FN3O5. The lowest BCUT2D eigenvalue weighted by Crippen LogP contribution is -2.36. The second kappa shape index (κ2) is 8.39. The number of anilines is 1. The molecule has 0 aliphatic rings. The molecule has 130 valence electrons. The standard InChI is InChI=1S/C16H14FN3O5/c17-10-3-5-11(6-4-10)20-13(21)8-19-14(22)9-25-16(24)12-2-1-7-18-15(12)23/h1-7H,8-9H2,(H,18,23)(H,19,22)(H,20,21). The van der Waals surface area contributed by atoms with Crippen molar-refractivity contribution in [2.45, 2.75) is 0 Å². The highest BCUT2D eigenvalue weighted by molar-refractivity contribution is 5.95. The molecule has 9 heteroatoms. The van der Waals surface area contributed by atoms with Gasteiger partial charge in [0.2, 0.25) is 5.91 Å². The summed E-state index contributed by atoms with van der Waals surface area (Å²) in [6, 6.07) is 7.80. The van der Waals surface area contributed by atoms with E-state index < -0.39 is 35.8 Å². The molecule has 25 heavy (non-hydrogen) atoms. The van der Waals surface area contributed by atoms with Crippen LogP contribution in [-0.4, -0.2) is 35.9 Å². The molecule has 0 saturated heterocycles. The molecule has 2 amide bonds. The Morgan fingerprint density at radius 2 is 1.80 bits per heavy atom. The number of hydrogen-bond acceptors (Lipinski definition) is 5. The molecule has 0 saturated carbocycles. The SMILES string of the molecule is O=C(COC(=O)c1ccc[nH]c1=O)NCC(=O)Nc1ccc(F)cc1. The van der Waals surface area contributed by atoms with Crippen LogP contribution in [-0.2, 0) is 14.3 Å². The van der Waals surface area contributed by atoms with Crippen molar-refractivity contribution in [1.82, 2.24) is 10.3 Å². The molecule has 0 bridgehead atoms. The van der Waals surface area contributed by atoms with E-state index in [0.717, 1.165) is 0 Å². The number of ether oxygens (including phenoxy) is 1. The number of nitrogens with one attached hydrogen (secondary N) is 3. The van der Waals surface area contributed by atoms with Crippen molar-refractivity contribution < 1.29 is 23.5 Å². The van der Waals surface area contributed by atoms with Gasteiger partial charge < -0.3 is 20.4 Å². The van der Waals surface area contributed by atoms with E-state index in [1.807, 2.05) is 0 Å². The maximum absolute atomic E-state index is 12.7. The topological polar surface area (TPSA) is 117 Å². The fraction of sp³-hybridized carbons (Fsp3) is 0.125. The Labute approximate surface area is 141 Å². The van der Waals surface area contributed by atoms with Gasteiger partial charge in [0.1, 0.15) is 11.4 Å². The fourth-order valence-corrected chi connectivity index (χ4v) is 1.76. The first-order chi connectivity index (χ1) is 12.0. The van der Waals surface area contributed by atoms with Crippen LogP contribution in [0.5, 0.6) is 0 Å². The van der Waals surface area contributed by atoms with Crippen LogP contribution in [0.2, 0.25) is 0 Å². The normalized spacial score (nSPS) is 9.96. The highest BCUT2D eigenvalue weighted by Gasteiger charge is 2.13. The first-order valence-corrected chi connectivity index (χ1v) is 7.12. The summed E-state index contributed by atoms with van der Waals surface area (Å²) in [4.78, 5) is 48.5. The largest absolute Gasteiger partial charge is 0.452 e. The van der Waals surface area contributed by atoms with Crippen molar-refractivity contribution in [3.05, 3.63) is 64.3 Å². The van der Waals surface area contributed by atoms with Gasteiger partial charge in [0.15, 0.2) is 6.61 Å². The second-order valence-electron chi connectivity index (χ2n) is 4.82. The summed E-state index contributed by atoms with van der Waals surface area (Å²) in [5.74, 6) is -2.64. The number of H-pyrrole nitrogens is 1. The van der Waals surface area contributed by atoms with E-state index in [1.54, 1.807) is 0 Å². The van der Waals surface area contributed by atoms with Crippen LogP contribution in [0.1, 0.15) is 10.4 Å². The Morgan fingerprint density at radius 1 is 1.08 bits per heavy atom. The molecule has 0 radical (unpaired) electrons. The van der Waals surface area contributed by atoms with E-state index in [9.17, 15) is 23.6 Å². The Bertz CT molecular complexity index is 832. The van der Waals surface area contributed by atoms with E-state index in [2.05, 4.69) is 15.6 Å². The van der Waals surface area contributed by atoms with Gasteiger partial charge in [0, 0.05) is 11.9 Å². The number of pyridine rings is 1. The lowest BCUT2D eigenvalue weighted by Gasteiger charge is -2.07. The number of halogens is 1. The molecular weight excluding hydrogens is 333 g/mol. The van der Waals surface area contributed by atoms with Crippen LogP contribution in [0.4, 0.5) is 10.1 Å². The third-order valence-electron chi connectivity index (χ3n) is 2.95. The van der Waals surface area contributed by atoms with Crippen LogP contribution in [0.15, 0.2) is 47.4 Å². The number of amides is 2. The van der Waals surface area contributed by atoms with Crippen LogP contribution in [0.3, 0.4) is 0 Å². The fourth-order valence-electron chi connectivity index (χ4n) is 1.76. The van der Waals surface area contributed by atoms with Crippen molar-refractivity contribution in [1.29, 1.82) is 0 Å². The lowest BCUT2D eigenvalue weighted by atomic mass is 10.3. The van der Waals surface area contributed by atoms with E-state index >= 15 is 0 Å². The molecule has 0 aliphatic heterocycles. The molecule has 1 aromatic heterocycles. The first kappa shape index (κ1) is 17.9. The summed E-state index contributed by atoms with van der Waals surface area (Å²) in [6.45, 7) is -1.00. The number of esters is 1. The maximum atomic E-state index is 12.7. The number of benzene rings is 1. The van der Waals surface area contributed by atoms with Crippen molar-refractivity contribution in [2.24, 2.45) is 0 Å². The van der Waals surface area contributed by atoms with E-state index in [1.165, 1.54) is 42.6 Å². The average Bonchev–Trinajstić information content (AvgIpc) is 2.60. The molecule has 0 fully saturated rings. The zero-order valence-corrected chi connectivity index (χ0v) is 12.9. The summed E-state index contributed by atoms with van der Waals surface area (Å²) in [7, 11) is 0. The van der Waals surface area contributed by atoms with E-state index in [-0.39, 0.29) is 12.1 Å². The van der Waals surface area contributed by atoms with Crippen LogP contribution in [0.25, 0.3) is 0 Å². The predicted octanol–water partition coefficient (Wildman–Crippen LogP) is 0.426. The molecule has 1 aromatic carbocycles. The summed E-state index contributed by atoms with van der Waals surface area (Å²) < 4.78 is 17.4. The minimum Gasteiger partial charge on any atom is -0.452 e. The summed E-state index contributed by atoms with van der Waals surface area (Å²) in [5.41, 5.74) is -0.494. The Kier molecular flexibility index (Phi) is 5.99. The quantitative estimate of drug-likeness (QED) is 0.655. The van der Waals surface area contributed by atoms with Crippen molar-refractivity contribution in [2.75, 3.05) is 18.5 Å². The minimum absolute atomic E-state index is 0.232. The number of carbonyl (C=O) groups is 3. The molecule has 8 nitrogen and oxygen atoms in total. The molecule has 0 unspecified atom stereocenters. The van der Waals surface area contributed by atoms with Crippen molar-refractivity contribution in [3.8, 4) is 0 Å². The zero-order chi connectivity index (χ0) is 18.2. The third kappa shape index (κ3) is 5.57. The molecule has 0 aliphatic carbocycles. The second-order valence-corrected chi connectivity index (χ2v) is 4.82. The van der Waals surface area contributed by atoms with Gasteiger partial charge in [-0.25, -0.2) is 9.18 Å². The minimum atomic E-state index is -0.951. The van der Waals surface area contributed by atoms with Gasteiger partial charge in [-0.2, -0.15) is 0 Å². The molecule has 1 heterocycles. The molecule has 0 atom stereocenters. The van der Waals surface area contributed by atoms with Gasteiger partial charge in [-0.15, -0.1) is 0 Å². The van der Waals surface area contributed by atoms with Gasteiger partial charge in [-0.1, -0.05) is 0 Å². The van der Waals surface area contributed by atoms with Crippen LogP contribution in [0, 0.1) is 5.82 Å². The Morgan fingerprint density at radius 3 is 2.48 bits per heavy atom. The summed E-state index contributed by atoms with van der Waals surface area (Å²) in [5, 5.41) is 4.70. The smallest absolute Gasteiger partial charge is 0.344 e. The molecule has 2 rings (SSSR count). The van der Waals surface area contributed by atoms with Gasteiger partial charge in [0.25, 0.3) is 11.5 Å². The van der Waals surface area contributed by atoms with Gasteiger partial charge in [-0.3, -0.25) is 14.4 Å². The van der Waals surface area contributed by atoms with Crippen LogP contribution < -0.4 is 16.2 Å². The highest BCUT2D eigenvalue weighted by Crippen LogP contribution is 2.07. The molecule has 3 N–H and O–H groups in total. The maximum Gasteiger partial charge on any atom is 0.344 e. The highest BCUT2D eigenvalue weighted by atomic mass is 19.1. The Hall–Kier alpha value is -3.49. The number of hydrogen-bond donors (Lipinski definition) is 3. The monoisotopic (exact) mass is 347 g/mol. The average molecular weight is 347 g/mol. The number of aromatic amines is 1. The number of rotatable bonds is 6.